The van der Waals surface area contributed by atoms with E-state index < -0.39 is 10.0 Å². The predicted octanol–water partition coefficient (Wildman–Crippen LogP) is -0.320. The average molecular weight is 248 g/mol. The van der Waals surface area contributed by atoms with Gasteiger partial charge in [0.25, 0.3) is 0 Å². The number of nitrogens with two attached hydrogens (primary N) is 1. The first-order valence-corrected chi connectivity index (χ1v) is 7.54. The zero-order valence-electron chi connectivity index (χ0n) is 9.39. The third kappa shape index (κ3) is 3.41. The van der Waals surface area contributed by atoms with Crippen molar-refractivity contribution in [1.29, 1.82) is 0 Å². The maximum atomic E-state index is 11.9. The Morgan fingerprint density at radius 3 is 2.62 bits per heavy atom. The zero-order valence-corrected chi connectivity index (χ0v) is 10.2. The van der Waals surface area contributed by atoms with Crippen molar-refractivity contribution in [3.05, 3.63) is 0 Å². The number of rotatable bonds is 6. The number of hydrogen-bond donors (Lipinski definition) is 2. The first kappa shape index (κ1) is 12.3. The monoisotopic (exact) mass is 248 g/mol. The third-order valence-electron chi connectivity index (χ3n) is 3.26. The molecule has 2 fully saturated rings. The van der Waals surface area contributed by atoms with Gasteiger partial charge < -0.3 is 10.5 Å². The molecular weight excluding hydrogens is 228 g/mol. The van der Waals surface area contributed by atoms with Gasteiger partial charge in [0.1, 0.15) is 0 Å². The third-order valence-corrected chi connectivity index (χ3v) is 4.83. The lowest BCUT2D eigenvalue weighted by molar-refractivity contribution is 0.188. The Morgan fingerprint density at radius 1 is 1.38 bits per heavy atom. The van der Waals surface area contributed by atoms with E-state index in [0.29, 0.717) is 25.7 Å². The van der Waals surface area contributed by atoms with E-state index >= 15 is 0 Å². The highest BCUT2D eigenvalue weighted by Gasteiger charge is 2.34. The summed E-state index contributed by atoms with van der Waals surface area (Å²) in [6.45, 7) is 1.64. The van der Waals surface area contributed by atoms with Crippen LogP contribution in [0.15, 0.2) is 0 Å². The molecule has 94 valence electrons. The van der Waals surface area contributed by atoms with Gasteiger partial charge in [-0.15, -0.1) is 0 Å². The predicted molar refractivity (Wildman–Crippen MR) is 61.4 cm³/mol. The van der Waals surface area contributed by atoms with Crippen molar-refractivity contribution in [2.45, 2.75) is 25.3 Å². The molecule has 1 saturated heterocycles. The molecule has 2 aliphatic rings. The van der Waals surface area contributed by atoms with Gasteiger partial charge in [-0.3, -0.25) is 0 Å². The van der Waals surface area contributed by atoms with E-state index in [1.807, 2.05) is 0 Å². The first-order chi connectivity index (χ1) is 7.61. The molecule has 5 nitrogen and oxygen atoms in total. The molecule has 0 aromatic carbocycles. The lowest BCUT2D eigenvalue weighted by atomic mass is 10.2. The van der Waals surface area contributed by atoms with Crippen LogP contribution in [0, 0.1) is 11.8 Å². The van der Waals surface area contributed by atoms with Gasteiger partial charge in [-0.25, -0.2) is 13.1 Å². The number of ether oxygens (including phenoxy) is 1. The normalized spacial score (nSPS) is 28.2. The van der Waals surface area contributed by atoms with E-state index in [1.54, 1.807) is 0 Å². The summed E-state index contributed by atoms with van der Waals surface area (Å²) in [6, 6.07) is -0.0627. The summed E-state index contributed by atoms with van der Waals surface area (Å²) in [5.41, 5.74) is 5.58. The molecule has 1 saturated carbocycles. The SMILES string of the molecule is NCC(NS(=O)(=O)CC1CCOC1)C1CC1. The van der Waals surface area contributed by atoms with E-state index in [2.05, 4.69) is 4.72 Å². The standard InChI is InChI=1S/C10H20N2O3S/c11-5-10(9-1-2-9)12-16(13,14)7-8-3-4-15-6-8/h8-10,12H,1-7,11H2. The summed E-state index contributed by atoms with van der Waals surface area (Å²) in [5.74, 6) is 0.783. The number of sulfonamides is 1. The van der Waals surface area contributed by atoms with Gasteiger partial charge in [0.2, 0.25) is 10.0 Å². The van der Waals surface area contributed by atoms with Crippen LogP contribution in [0.1, 0.15) is 19.3 Å². The van der Waals surface area contributed by atoms with Crippen molar-refractivity contribution in [1.82, 2.24) is 4.72 Å². The van der Waals surface area contributed by atoms with Crippen molar-refractivity contribution >= 4 is 10.0 Å². The smallest absolute Gasteiger partial charge is 0.212 e. The molecule has 0 spiro atoms. The quantitative estimate of drug-likeness (QED) is 0.675. The topological polar surface area (TPSA) is 81.4 Å². The second-order valence-electron chi connectivity index (χ2n) is 4.81. The van der Waals surface area contributed by atoms with Gasteiger partial charge in [-0.2, -0.15) is 0 Å². The Labute approximate surface area is 96.8 Å². The zero-order chi connectivity index (χ0) is 11.6. The Morgan fingerprint density at radius 2 is 2.12 bits per heavy atom. The molecule has 1 aliphatic carbocycles. The largest absolute Gasteiger partial charge is 0.381 e. The Hall–Kier alpha value is -0.170. The van der Waals surface area contributed by atoms with E-state index in [9.17, 15) is 8.42 Å². The molecule has 16 heavy (non-hydrogen) atoms. The van der Waals surface area contributed by atoms with E-state index in [1.165, 1.54) is 0 Å². The van der Waals surface area contributed by atoms with Gasteiger partial charge in [0.15, 0.2) is 0 Å². The molecule has 3 N–H and O–H groups in total. The van der Waals surface area contributed by atoms with Crippen LogP contribution in [0.2, 0.25) is 0 Å². The second kappa shape index (κ2) is 5.00. The van der Waals surface area contributed by atoms with E-state index in [-0.39, 0.29) is 17.7 Å². The Kier molecular flexibility index (Phi) is 3.84. The summed E-state index contributed by atoms with van der Waals surface area (Å²) in [6.07, 6.45) is 3.03. The highest BCUT2D eigenvalue weighted by Crippen LogP contribution is 2.32. The van der Waals surface area contributed by atoms with Gasteiger partial charge in [0, 0.05) is 19.2 Å². The van der Waals surface area contributed by atoms with Crippen molar-refractivity contribution in [2.75, 3.05) is 25.5 Å². The minimum absolute atomic E-state index is 0.0627. The molecule has 2 unspecified atom stereocenters. The molecule has 2 rings (SSSR count). The second-order valence-corrected chi connectivity index (χ2v) is 6.61. The molecule has 1 aliphatic heterocycles. The summed E-state index contributed by atoms with van der Waals surface area (Å²) in [4.78, 5) is 0. The minimum atomic E-state index is -3.19. The Bertz CT molecular complexity index is 321. The van der Waals surface area contributed by atoms with E-state index in [4.69, 9.17) is 10.5 Å². The van der Waals surface area contributed by atoms with Crippen LogP contribution >= 0.6 is 0 Å². The molecule has 2 atom stereocenters. The summed E-state index contributed by atoms with van der Waals surface area (Å²) in [5, 5.41) is 0. The average Bonchev–Trinajstić information content (AvgIpc) is 2.95. The summed E-state index contributed by atoms with van der Waals surface area (Å²) >= 11 is 0. The van der Waals surface area contributed by atoms with Gasteiger partial charge in [-0.05, 0) is 31.1 Å². The van der Waals surface area contributed by atoms with Crippen LogP contribution in [0.5, 0.6) is 0 Å². The fourth-order valence-corrected chi connectivity index (χ4v) is 3.87. The molecule has 0 aromatic rings. The van der Waals surface area contributed by atoms with Gasteiger partial charge >= 0.3 is 0 Å². The molecule has 0 aromatic heterocycles. The molecular formula is C10H20N2O3S. The molecule has 6 heteroatoms. The highest BCUT2D eigenvalue weighted by atomic mass is 32.2. The fourth-order valence-electron chi connectivity index (χ4n) is 2.14. The van der Waals surface area contributed by atoms with Gasteiger partial charge in [-0.1, -0.05) is 0 Å². The van der Waals surface area contributed by atoms with Crippen LogP contribution in [0.25, 0.3) is 0 Å². The molecule has 0 radical (unpaired) electrons. The maximum absolute atomic E-state index is 11.9. The molecule has 1 heterocycles. The highest BCUT2D eigenvalue weighted by molar-refractivity contribution is 7.89. The number of nitrogens with one attached hydrogen (secondary N) is 1. The van der Waals surface area contributed by atoms with Crippen molar-refractivity contribution in [2.24, 2.45) is 17.6 Å². The molecule has 0 amide bonds. The summed E-state index contributed by atoms with van der Waals surface area (Å²) in [7, 11) is -3.19. The van der Waals surface area contributed by atoms with Crippen LogP contribution in [0.3, 0.4) is 0 Å². The summed E-state index contributed by atoms with van der Waals surface area (Å²) < 4.78 is 31.6. The maximum Gasteiger partial charge on any atom is 0.212 e. The van der Waals surface area contributed by atoms with Crippen molar-refractivity contribution < 1.29 is 13.2 Å². The molecule has 0 bridgehead atoms. The van der Waals surface area contributed by atoms with Crippen LogP contribution in [0.4, 0.5) is 0 Å². The van der Waals surface area contributed by atoms with Crippen LogP contribution < -0.4 is 10.5 Å². The van der Waals surface area contributed by atoms with Crippen LogP contribution in [-0.4, -0.2) is 40.0 Å². The van der Waals surface area contributed by atoms with Crippen LogP contribution in [-0.2, 0) is 14.8 Å². The minimum Gasteiger partial charge on any atom is -0.381 e. The lowest BCUT2D eigenvalue weighted by Crippen LogP contribution is -2.43. The first-order valence-electron chi connectivity index (χ1n) is 5.88. The van der Waals surface area contributed by atoms with Crippen molar-refractivity contribution in [3.8, 4) is 0 Å². The van der Waals surface area contributed by atoms with Gasteiger partial charge in [0.05, 0.1) is 12.4 Å². The number of hydrogen-bond acceptors (Lipinski definition) is 4. The van der Waals surface area contributed by atoms with E-state index in [0.717, 1.165) is 19.3 Å². The fraction of sp³-hybridized carbons (Fsp3) is 1.00. The van der Waals surface area contributed by atoms with Crippen molar-refractivity contribution in [3.63, 3.8) is 0 Å². The lowest BCUT2D eigenvalue weighted by Gasteiger charge is -2.17. The Balaban J connectivity index is 1.85.